The largest absolute Gasteiger partial charge is 0.437 e. The highest BCUT2D eigenvalue weighted by Crippen LogP contribution is 2.44. The van der Waals surface area contributed by atoms with Crippen molar-refractivity contribution in [1.82, 2.24) is 24.9 Å². The summed E-state index contributed by atoms with van der Waals surface area (Å²) in [6.07, 6.45) is 6.14. The molecule has 0 aliphatic carbocycles. The van der Waals surface area contributed by atoms with Gasteiger partial charge in [0.2, 0.25) is 0 Å². The molecule has 3 aliphatic heterocycles. The Morgan fingerprint density at radius 1 is 1.22 bits per heavy atom. The van der Waals surface area contributed by atoms with Crippen molar-refractivity contribution in [2.45, 2.75) is 63.2 Å². The lowest BCUT2D eigenvalue weighted by atomic mass is 9.83. The maximum absolute atomic E-state index is 14.2. The van der Waals surface area contributed by atoms with E-state index >= 15 is 0 Å². The lowest BCUT2D eigenvalue weighted by Crippen LogP contribution is -2.54. The van der Waals surface area contributed by atoms with Crippen molar-refractivity contribution in [2.75, 3.05) is 38.3 Å². The Morgan fingerprint density at radius 2 is 1.96 bits per heavy atom. The predicted molar refractivity (Wildman–Crippen MR) is 160 cm³/mol. The molecule has 4 N–H and O–H groups in total. The van der Waals surface area contributed by atoms with Crippen LogP contribution in [-0.2, 0) is 28.0 Å². The van der Waals surface area contributed by atoms with Crippen LogP contribution >= 0.6 is 0 Å². The summed E-state index contributed by atoms with van der Waals surface area (Å²) in [6, 6.07) is 7.44. The van der Waals surface area contributed by atoms with Gasteiger partial charge in [-0.3, -0.25) is 10.3 Å². The molecule has 0 bridgehead atoms. The summed E-state index contributed by atoms with van der Waals surface area (Å²) in [5.41, 5.74) is 3.34. The van der Waals surface area contributed by atoms with E-state index in [1.54, 1.807) is 24.3 Å². The van der Waals surface area contributed by atoms with Gasteiger partial charge in [-0.05, 0) is 44.0 Å². The fraction of sp³-hybridized carbons (Fsp3) is 0.484. The number of nitrogens with zero attached hydrogens (tertiary/aromatic N) is 5. The number of urea groups is 1. The van der Waals surface area contributed by atoms with Crippen LogP contribution in [0.25, 0.3) is 0 Å². The SMILES string of the molecule is CC(OCCO)c1cnc2n1CC(c1c(F)cccc1F)CCC2.CN1C(=O)OC2(CCN(C(=O)NN)CC2)c2cccnc21. The Kier molecular flexibility index (Phi) is 9.95. The zero-order valence-electron chi connectivity index (χ0n) is 25.4. The molecule has 2 atom stereocenters. The van der Waals surface area contributed by atoms with Gasteiger partial charge in [0.25, 0.3) is 0 Å². The second-order valence-corrected chi connectivity index (χ2v) is 11.4. The highest BCUT2D eigenvalue weighted by molar-refractivity contribution is 5.89. The zero-order valence-corrected chi connectivity index (χ0v) is 25.4. The molecule has 45 heavy (non-hydrogen) atoms. The zero-order chi connectivity index (χ0) is 32.1. The number of hydrogen-bond donors (Lipinski definition) is 3. The number of imidazole rings is 1. The fourth-order valence-corrected chi connectivity index (χ4v) is 6.36. The van der Waals surface area contributed by atoms with E-state index in [-0.39, 0.29) is 36.8 Å². The Balaban J connectivity index is 0.000000179. The summed E-state index contributed by atoms with van der Waals surface area (Å²) >= 11 is 0. The average molecular weight is 628 g/mol. The molecule has 0 radical (unpaired) electrons. The second kappa shape index (κ2) is 13.9. The number of pyridine rings is 1. The van der Waals surface area contributed by atoms with Gasteiger partial charge in [0.15, 0.2) is 0 Å². The number of aliphatic hydroxyl groups is 1. The number of amides is 3. The summed E-state index contributed by atoms with van der Waals surface area (Å²) in [5.74, 6) is 5.47. The molecule has 3 aromatic rings. The van der Waals surface area contributed by atoms with Crippen molar-refractivity contribution in [3.8, 4) is 0 Å². The number of nitrogens with one attached hydrogen (secondary N) is 1. The average Bonchev–Trinajstić information content (AvgIpc) is 3.33. The first-order valence-corrected chi connectivity index (χ1v) is 15.1. The third-order valence-corrected chi connectivity index (χ3v) is 8.74. The first kappa shape index (κ1) is 32.3. The normalized spacial score (nSPS) is 19.4. The first-order chi connectivity index (χ1) is 21.7. The van der Waals surface area contributed by atoms with Gasteiger partial charge in [-0.15, -0.1) is 0 Å². The van der Waals surface area contributed by atoms with E-state index in [0.29, 0.717) is 44.7 Å². The summed E-state index contributed by atoms with van der Waals surface area (Å²) in [7, 11) is 1.64. The minimum absolute atomic E-state index is 0.0472. The molecule has 1 spiro atoms. The number of carbonyl (C=O) groups excluding carboxylic acids is 2. The number of hydrogen-bond acceptors (Lipinski definition) is 8. The van der Waals surface area contributed by atoms with E-state index in [0.717, 1.165) is 29.9 Å². The number of hydrazine groups is 1. The van der Waals surface area contributed by atoms with Gasteiger partial charge in [0.05, 0.1) is 31.2 Å². The van der Waals surface area contributed by atoms with Gasteiger partial charge < -0.3 is 24.0 Å². The van der Waals surface area contributed by atoms with Crippen LogP contribution in [-0.4, -0.2) is 70.0 Å². The molecule has 242 valence electrons. The number of carbonyl (C=O) groups is 2. The Morgan fingerprint density at radius 3 is 2.64 bits per heavy atom. The van der Waals surface area contributed by atoms with Crippen LogP contribution in [0.15, 0.2) is 42.7 Å². The van der Waals surface area contributed by atoms with Crippen LogP contribution in [0.3, 0.4) is 0 Å². The van der Waals surface area contributed by atoms with Crippen molar-refractivity contribution >= 4 is 17.9 Å². The maximum Gasteiger partial charge on any atom is 0.416 e. The molecular weight excluding hydrogens is 588 g/mol. The van der Waals surface area contributed by atoms with E-state index in [4.69, 9.17) is 20.4 Å². The molecule has 5 heterocycles. The van der Waals surface area contributed by atoms with Gasteiger partial charge in [-0.25, -0.2) is 34.2 Å². The second-order valence-electron chi connectivity index (χ2n) is 11.4. The van der Waals surface area contributed by atoms with Crippen molar-refractivity contribution in [3.63, 3.8) is 0 Å². The molecule has 1 saturated heterocycles. The quantitative estimate of drug-likeness (QED) is 0.219. The van der Waals surface area contributed by atoms with Crippen LogP contribution in [0.5, 0.6) is 0 Å². The van der Waals surface area contributed by atoms with Crippen molar-refractivity contribution < 1.29 is 33.0 Å². The Hall–Kier alpha value is -4.14. The number of aryl methyl sites for hydroxylation is 1. The molecule has 3 aliphatic rings. The van der Waals surface area contributed by atoms with E-state index < -0.39 is 23.3 Å². The van der Waals surface area contributed by atoms with E-state index in [1.807, 2.05) is 23.6 Å². The molecule has 1 fully saturated rings. The highest BCUT2D eigenvalue weighted by Gasteiger charge is 2.47. The minimum Gasteiger partial charge on any atom is -0.437 e. The van der Waals surface area contributed by atoms with E-state index in [9.17, 15) is 18.4 Å². The number of fused-ring (bicyclic) bond motifs is 3. The Bertz CT molecular complexity index is 1490. The predicted octanol–water partition coefficient (Wildman–Crippen LogP) is 3.89. The van der Waals surface area contributed by atoms with E-state index in [2.05, 4.69) is 15.4 Å². The molecule has 2 unspecified atom stereocenters. The monoisotopic (exact) mass is 627 g/mol. The number of piperidine rings is 1. The van der Waals surface area contributed by atoms with Gasteiger partial charge >= 0.3 is 12.1 Å². The Labute approximate surface area is 260 Å². The fourth-order valence-electron chi connectivity index (χ4n) is 6.36. The van der Waals surface area contributed by atoms with Gasteiger partial charge in [0.1, 0.15) is 28.9 Å². The highest BCUT2D eigenvalue weighted by atomic mass is 19.1. The summed E-state index contributed by atoms with van der Waals surface area (Å²) < 4.78 is 41.6. The number of aromatic nitrogens is 3. The number of likely N-dealkylation sites (tertiary alicyclic amines) is 1. The number of halogens is 2. The smallest absolute Gasteiger partial charge is 0.416 e. The van der Waals surface area contributed by atoms with Gasteiger partial charge in [-0.1, -0.05) is 6.07 Å². The van der Waals surface area contributed by atoms with Gasteiger partial charge in [-0.2, -0.15) is 0 Å². The first-order valence-electron chi connectivity index (χ1n) is 15.1. The summed E-state index contributed by atoms with van der Waals surface area (Å²) in [5, 5.41) is 8.92. The number of benzene rings is 1. The van der Waals surface area contributed by atoms with Crippen molar-refractivity contribution in [3.05, 3.63) is 77.0 Å². The number of nitrogens with two attached hydrogens (primary N) is 1. The van der Waals surface area contributed by atoms with Crippen LogP contribution in [0.2, 0.25) is 0 Å². The number of aliphatic hydroxyl groups excluding tert-OH is 1. The van der Waals surface area contributed by atoms with Crippen molar-refractivity contribution in [1.29, 1.82) is 0 Å². The number of rotatable bonds is 5. The standard InChI is InChI=1S/C18H22F2N2O2.C13H17N5O3/c1-12(24-9-8-23)16-10-21-17-7-2-4-13(11-22(16)17)18-14(19)5-3-6-15(18)20;1-17-10-9(3-2-6-15-10)13(21-12(17)20)4-7-18(8-5-13)11(19)16-14/h3,5-6,10,12-13,23H,2,4,7-9,11H2,1H3;2-3,6H,4-5,7-8,14H2,1H3,(H,16,19). The van der Waals surface area contributed by atoms with Crippen molar-refractivity contribution in [2.24, 2.45) is 5.84 Å². The molecular formula is C31H39F2N7O5. The minimum atomic E-state index is -0.710. The van der Waals surface area contributed by atoms with Crippen LogP contribution in [0.4, 0.5) is 24.2 Å². The van der Waals surface area contributed by atoms with Gasteiger partial charge in [0, 0.05) is 69.2 Å². The van der Waals surface area contributed by atoms with Crippen LogP contribution in [0.1, 0.15) is 67.3 Å². The molecule has 3 amide bonds. The number of anilines is 1. The molecule has 2 aromatic heterocycles. The molecule has 6 rings (SSSR count). The molecule has 1 aromatic carbocycles. The lowest BCUT2D eigenvalue weighted by molar-refractivity contribution is -0.0345. The lowest BCUT2D eigenvalue weighted by Gasteiger charge is -2.45. The van der Waals surface area contributed by atoms with E-state index in [1.165, 1.54) is 23.1 Å². The molecule has 14 heteroatoms. The topological polar surface area (TPSA) is 148 Å². The number of ether oxygens (including phenoxy) is 2. The maximum atomic E-state index is 14.2. The molecule has 12 nitrogen and oxygen atoms in total. The summed E-state index contributed by atoms with van der Waals surface area (Å²) in [4.78, 5) is 35.4. The van der Waals surface area contributed by atoms with Crippen LogP contribution < -0.4 is 16.2 Å². The summed E-state index contributed by atoms with van der Waals surface area (Å²) in [6.45, 7) is 3.50. The molecule has 0 saturated carbocycles. The third-order valence-electron chi connectivity index (χ3n) is 8.74. The third kappa shape index (κ3) is 6.63. The van der Waals surface area contributed by atoms with Crippen LogP contribution in [0, 0.1) is 11.6 Å².